The van der Waals surface area contributed by atoms with E-state index in [4.69, 9.17) is 0 Å². The molecule has 0 aromatic heterocycles. The second-order valence-electron chi connectivity index (χ2n) is 7.06. The van der Waals surface area contributed by atoms with Crippen molar-refractivity contribution in [3.63, 3.8) is 0 Å². The summed E-state index contributed by atoms with van der Waals surface area (Å²) >= 11 is 0. The summed E-state index contributed by atoms with van der Waals surface area (Å²) in [6.07, 6.45) is 6.75. The number of carbonyl (C=O) groups excluding carboxylic acids is 2. The summed E-state index contributed by atoms with van der Waals surface area (Å²) in [5.41, 5.74) is 1.92. The number of hydrogen-bond donors (Lipinski definition) is 1. The summed E-state index contributed by atoms with van der Waals surface area (Å²) in [6.45, 7) is 7.87. The van der Waals surface area contributed by atoms with E-state index in [1.54, 1.807) is 11.8 Å². The molecule has 26 heavy (non-hydrogen) atoms. The lowest BCUT2D eigenvalue weighted by molar-refractivity contribution is -0.135. The van der Waals surface area contributed by atoms with E-state index in [1.807, 2.05) is 24.3 Å². The van der Waals surface area contributed by atoms with Crippen molar-refractivity contribution in [1.82, 2.24) is 4.90 Å². The van der Waals surface area contributed by atoms with Gasteiger partial charge in [0.2, 0.25) is 11.8 Å². The van der Waals surface area contributed by atoms with Crippen molar-refractivity contribution in [3.8, 4) is 0 Å². The molecule has 0 aliphatic heterocycles. The third-order valence-electron chi connectivity index (χ3n) is 5.26. The zero-order valence-corrected chi connectivity index (χ0v) is 16.5. The van der Waals surface area contributed by atoms with Gasteiger partial charge in [-0.05, 0) is 51.0 Å². The number of rotatable bonds is 7. The summed E-state index contributed by atoms with van der Waals surface area (Å²) in [4.78, 5) is 28.6. The lowest BCUT2D eigenvalue weighted by Gasteiger charge is -2.29. The first-order valence-corrected chi connectivity index (χ1v) is 9.97. The molecule has 1 saturated carbocycles. The summed E-state index contributed by atoms with van der Waals surface area (Å²) in [5.74, 6) is -0.135. The molecule has 0 atom stereocenters. The highest BCUT2D eigenvalue weighted by atomic mass is 16.2. The van der Waals surface area contributed by atoms with Gasteiger partial charge in [0.1, 0.15) is 6.54 Å². The van der Waals surface area contributed by atoms with Crippen LogP contribution in [0.5, 0.6) is 0 Å². The van der Waals surface area contributed by atoms with Gasteiger partial charge in [-0.3, -0.25) is 9.59 Å². The fourth-order valence-electron chi connectivity index (χ4n) is 3.77. The van der Waals surface area contributed by atoms with Crippen LogP contribution in [0, 0.1) is 0 Å². The van der Waals surface area contributed by atoms with Crippen molar-refractivity contribution < 1.29 is 9.59 Å². The highest BCUT2D eigenvalue weighted by Crippen LogP contribution is 2.22. The largest absolute Gasteiger partial charge is 0.372 e. The standard InChI is InChI=1S/C21H33N3O2/c1-4-23(5-2)19-14-12-18(13-15-19)22-21(26)16-24(17(3)25)20-10-8-6-7-9-11-20/h12-15,20H,4-11,16H2,1-3H3,(H,22,26). The van der Waals surface area contributed by atoms with Crippen LogP contribution in [0.4, 0.5) is 11.4 Å². The van der Waals surface area contributed by atoms with Gasteiger partial charge in [-0.15, -0.1) is 0 Å². The molecule has 2 amide bonds. The second-order valence-corrected chi connectivity index (χ2v) is 7.06. The van der Waals surface area contributed by atoms with E-state index in [0.717, 1.165) is 50.1 Å². The molecule has 5 heteroatoms. The van der Waals surface area contributed by atoms with E-state index in [1.165, 1.54) is 12.8 Å². The van der Waals surface area contributed by atoms with E-state index >= 15 is 0 Å². The number of carbonyl (C=O) groups is 2. The fourth-order valence-corrected chi connectivity index (χ4v) is 3.77. The molecule has 1 aromatic rings. The third-order valence-corrected chi connectivity index (χ3v) is 5.26. The lowest BCUT2D eigenvalue weighted by atomic mass is 10.1. The van der Waals surface area contributed by atoms with Gasteiger partial charge in [-0.25, -0.2) is 0 Å². The molecule has 144 valence electrons. The molecular formula is C21H33N3O2. The summed E-state index contributed by atoms with van der Waals surface area (Å²) in [7, 11) is 0. The molecule has 0 spiro atoms. The molecule has 1 aromatic carbocycles. The Kier molecular flexibility index (Phi) is 7.95. The maximum absolute atomic E-state index is 12.5. The van der Waals surface area contributed by atoms with Crippen LogP contribution in [0.3, 0.4) is 0 Å². The van der Waals surface area contributed by atoms with E-state index in [-0.39, 0.29) is 24.4 Å². The molecule has 2 rings (SSSR count). The van der Waals surface area contributed by atoms with Gasteiger partial charge >= 0.3 is 0 Å². The van der Waals surface area contributed by atoms with Crippen LogP contribution in [-0.4, -0.2) is 42.4 Å². The number of anilines is 2. The van der Waals surface area contributed by atoms with Crippen LogP contribution < -0.4 is 10.2 Å². The van der Waals surface area contributed by atoms with Crippen molar-refractivity contribution in [1.29, 1.82) is 0 Å². The molecule has 1 N–H and O–H groups in total. The molecule has 1 fully saturated rings. The van der Waals surface area contributed by atoms with Crippen LogP contribution in [0.15, 0.2) is 24.3 Å². The Hall–Kier alpha value is -2.04. The Balaban J connectivity index is 1.96. The summed E-state index contributed by atoms with van der Waals surface area (Å²) in [6, 6.07) is 8.10. The van der Waals surface area contributed by atoms with Crippen LogP contribution in [-0.2, 0) is 9.59 Å². The van der Waals surface area contributed by atoms with Gasteiger partial charge in [0.25, 0.3) is 0 Å². The Bertz CT molecular complexity index is 573. The first kappa shape index (κ1) is 20.3. The fraction of sp³-hybridized carbons (Fsp3) is 0.619. The average Bonchev–Trinajstić information content (AvgIpc) is 2.91. The minimum atomic E-state index is -0.125. The minimum absolute atomic E-state index is 0.0102. The van der Waals surface area contributed by atoms with Gasteiger partial charge in [-0.2, -0.15) is 0 Å². The zero-order chi connectivity index (χ0) is 18.9. The maximum atomic E-state index is 12.5. The Morgan fingerprint density at radius 3 is 2.08 bits per heavy atom. The number of nitrogens with zero attached hydrogens (tertiary/aromatic N) is 2. The predicted octanol–water partition coefficient (Wildman–Crippen LogP) is 4.04. The number of benzene rings is 1. The van der Waals surface area contributed by atoms with Gasteiger partial charge < -0.3 is 15.1 Å². The maximum Gasteiger partial charge on any atom is 0.244 e. The average molecular weight is 360 g/mol. The second kappa shape index (κ2) is 10.2. The molecule has 0 unspecified atom stereocenters. The Morgan fingerprint density at radius 1 is 1.00 bits per heavy atom. The number of hydrogen-bond acceptors (Lipinski definition) is 3. The molecule has 5 nitrogen and oxygen atoms in total. The topological polar surface area (TPSA) is 52.7 Å². The highest BCUT2D eigenvalue weighted by Gasteiger charge is 2.24. The normalized spacial score (nSPS) is 15.2. The van der Waals surface area contributed by atoms with Crippen molar-refractivity contribution >= 4 is 23.2 Å². The van der Waals surface area contributed by atoms with E-state index in [0.29, 0.717) is 0 Å². The Labute approximate surface area is 157 Å². The number of nitrogens with one attached hydrogen (secondary N) is 1. The molecule has 0 saturated heterocycles. The minimum Gasteiger partial charge on any atom is -0.372 e. The molecule has 0 heterocycles. The Morgan fingerprint density at radius 2 is 1.58 bits per heavy atom. The van der Waals surface area contributed by atoms with Gasteiger partial charge in [-0.1, -0.05) is 25.7 Å². The van der Waals surface area contributed by atoms with E-state index in [2.05, 4.69) is 24.1 Å². The predicted molar refractivity (Wildman–Crippen MR) is 108 cm³/mol. The van der Waals surface area contributed by atoms with Gasteiger partial charge in [0.15, 0.2) is 0 Å². The zero-order valence-electron chi connectivity index (χ0n) is 16.5. The van der Waals surface area contributed by atoms with Gasteiger partial charge in [0.05, 0.1) is 0 Å². The number of amides is 2. The van der Waals surface area contributed by atoms with Crippen LogP contribution in [0.2, 0.25) is 0 Å². The SMILES string of the molecule is CCN(CC)c1ccc(NC(=O)CN(C(C)=O)C2CCCCCC2)cc1. The van der Waals surface area contributed by atoms with Crippen LogP contribution in [0.1, 0.15) is 59.3 Å². The van der Waals surface area contributed by atoms with Crippen LogP contribution in [0.25, 0.3) is 0 Å². The first-order chi connectivity index (χ1) is 12.5. The van der Waals surface area contributed by atoms with E-state index < -0.39 is 0 Å². The molecule has 1 aliphatic carbocycles. The van der Waals surface area contributed by atoms with Gasteiger partial charge in [0, 0.05) is 37.4 Å². The first-order valence-electron chi connectivity index (χ1n) is 9.97. The highest BCUT2D eigenvalue weighted by molar-refractivity contribution is 5.94. The molecular weight excluding hydrogens is 326 g/mol. The van der Waals surface area contributed by atoms with Crippen molar-refractivity contribution in [2.24, 2.45) is 0 Å². The molecule has 1 aliphatic rings. The quantitative estimate of drug-likeness (QED) is 0.748. The monoisotopic (exact) mass is 359 g/mol. The summed E-state index contributed by atoms with van der Waals surface area (Å²) < 4.78 is 0. The van der Waals surface area contributed by atoms with E-state index in [9.17, 15) is 9.59 Å². The smallest absolute Gasteiger partial charge is 0.244 e. The lowest BCUT2D eigenvalue weighted by Crippen LogP contribution is -2.43. The van der Waals surface area contributed by atoms with Crippen molar-refractivity contribution in [2.75, 3.05) is 29.9 Å². The summed E-state index contributed by atoms with van der Waals surface area (Å²) in [5, 5.41) is 2.93. The third kappa shape index (κ3) is 5.75. The van der Waals surface area contributed by atoms with Crippen molar-refractivity contribution in [3.05, 3.63) is 24.3 Å². The molecule has 0 radical (unpaired) electrons. The van der Waals surface area contributed by atoms with Crippen molar-refractivity contribution in [2.45, 2.75) is 65.3 Å². The van der Waals surface area contributed by atoms with Crippen LogP contribution >= 0.6 is 0 Å². The molecule has 0 bridgehead atoms.